The van der Waals surface area contributed by atoms with Gasteiger partial charge < -0.3 is 5.32 Å². The third-order valence-corrected chi connectivity index (χ3v) is 3.79. The van der Waals surface area contributed by atoms with Crippen molar-refractivity contribution in [2.45, 2.75) is 13.8 Å². The van der Waals surface area contributed by atoms with Gasteiger partial charge in [0.1, 0.15) is 5.82 Å². The maximum atomic E-state index is 12.7. The van der Waals surface area contributed by atoms with E-state index in [1.165, 1.54) is 41.6 Å². The molecule has 0 saturated heterocycles. The molecule has 0 heterocycles. The fourth-order valence-electron chi connectivity index (χ4n) is 1.13. The van der Waals surface area contributed by atoms with E-state index >= 15 is 0 Å². The molecule has 0 bridgehead atoms. The zero-order valence-corrected chi connectivity index (χ0v) is 11.8. The minimum atomic E-state index is -0.338. The quantitative estimate of drug-likeness (QED) is 0.821. The van der Waals surface area contributed by atoms with Crippen LogP contribution in [0.5, 0.6) is 0 Å². The van der Waals surface area contributed by atoms with E-state index in [4.69, 9.17) is 11.6 Å². The first-order chi connectivity index (χ1) is 8.52. The second kappa shape index (κ2) is 7.44. The number of anilines is 1. The summed E-state index contributed by atoms with van der Waals surface area (Å²) >= 11 is 7.04. The summed E-state index contributed by atoms with van der Waals surface area (Å²) in [7, 11) is 0. The molecule has 98 valence electrons. The van der Waals surface area contributed by atoms with Crippen molar-refractivity contribution in [2.75, 3.05) is 11.1 Å². The molecule has 0 atom stereocenters. The number of benzene rings is 1. The molecule has 0 fully saturated rings. The standard InChI is InChI=1S/C13H15ClFNOS/c1-9(2)8-18-12(7-14)13(17)16-11-5-3-10(15)4-6-11/h3-7,9H,8H2,1-2H3,(H,16,17)/b12-7-. The van der Waals surface area contributed by atoms with Crippen LogP contribution in [0.2, 0.25) is 0 Å². The molecule has 0 aliphatic carbocycles. The Bertz CT molecular complexity index is 431. The summed E-state index contributed by atoms with van der Waals surface area (Å²) in [5.74, 6) is 0.674. The van der Waals surface area contributed by atoms with Gasteiger partial charge in [-0.3, -0.25) is 4.79 Å². The van der Waals surface area contributed by atoms with Crippen molar-refractivity contribution in [1.82, 2.24) is 0 Å². The predicted molar refractivity (Wildman–Crippen MR) is 76.3 cm³/mol. The van der Waals surface area contributed by atoms with Gasteiger partial charge in [-0.25, -0.2) is 4.39 Å². The summed E-state index contributed by atoms with van der Waals surface area (Å²) in [4.78, 5) is 12.3. The second-order valence-electron chi connectivity index (χ2n) is 4.14. The highest BCUT2D eigenvalue weighted by atomic mass is 35.5. The van der Waals surface area contributed by atoms with E-state index in [1.807, 2.05) is 0 Å². The molecule has 0 aliphatic heterocycles. The van der Waals surface area contributed by atoms with Crippen LogP contribution in [0.15, 0.2) is 34.7 Å². The Morgan fingerprint density at radius 1 is 1.44 bits per heavy atom. The molecule has 0 aromatic heterocycles. The number of hydrogen-bond donors (Lipinski definition) is 1. The van der Waals surface area contributed by atoms with Crippen LogP contribution in [-0.2, 0) is 4.79 Å². The minimum absolute atomic E-state index is 0.276. The SMILES string of the molecule is CC(C)CS/C(=C\Cl)C(=O)Nc1ccc(F)cc1. The minimum Gasteiger partial charge on any atom is -0.322 e. The van der Waals surface area contributed by atoms with Crippen LogP contribution < -0.4 is 5.32 Å². The Kier molecular flexibility index (Phi) is 6.22. The van der Waals surface area contributed by atoms with Gasteiger partial charge in [-0.15, -0.1) is 11.8 Å². The maximum absolute atomic E-state index is 12.7. The summed E-state index contributed by atoms with van der Waals surface area (Å²) in [5, 5.41) is 2.66. The molecule has 1 N–H and O–H groups in total. The highest BCUT2D eigenvalue weighted by Crippen LogP contribution is 2.21. The van der Waals surface area contributed by atoms with Crippen LogP contribution in [0.25, 0.3) is 0 Å². The lowest BCUT2D eigenvalue weighted by Gasteiger charge is -2.09. The monoisotopic (exact) mass is 287 g/mol. The number of carbonyl (C=O) groups is 1. The van der Waals surface area contributed by atoms with Gasteiger partial charge >= 0.3 is 0 Å². The molecule has 1 aromatic carbocycles. The molecular weight excluding hydrogens is 273 g/mol. The number of amides is 1. The van der Waals surface area contributed by atoms with Crippen molar-refractivity contribution in [3.05, 3.63) is 40.5 Å². The molecule has 1 rings (SSSR count). The average molecular weight is 288 g/mol. The van der Waals surface area contributed by atoms with Crippen molar-refractivity contribution in [1.29, 1.82) is 0 Å². The van der Waals surface area contributed by atoms with Gasteiger partial charge in [-0.05, 0) is 30.2 Å². The van der Waals surface area contributed by atoms with Crippen molar-refractivity contribution < 1.29 is 9.18 Å². The fourth-order valence-corrected chi connectivity index (χ4v) is 2.18. The molecular formula is C13H15ClFNOS. The number of rotatable bonds is 5. The molecule has 5 heteroatoms. The topological polar surface area (TPSA) is 29.1 Å². The molecule has 0 saturated carbocycles. The van der Waals surface area contributed by atoms with Crippen molar-refractivity contribution in [3.63, 3.8) is 0 Å². The Morgan fingerprint density at radius 2 is 2.06 bits per heavy atom. The van der Waals surface area contributed by atoms with Gasteiger partial charge in [0.15, 0.2) is 0 Å². The summed E-state index contributed by atoms with van der Waals surface area (Å²) < 4.78 is 12.7. The van der Waals surface area contributed by atoms with Crippen LogP contribution in [0.3, 0.4) is 0 Å². The zero-order valence-electron chi connectivity index (χ0n) is 10.2. The number of nitrogens with one attached hydrogen (secondary N) is 1. The number of thioether (sulfide) groups is 1. The number of halogens is 2. The van der Waals surface area contributed by atoms with Crippen LogP contribution in [-0.4, -0.2) is 11.7 Å². The number of hydrogen-bond acceptors (Lipinski definition) is 2. The summed E-state index contributed by atoms with van der Waals surface area (Å²) in [5.41, 5.74) is 1.81. The van der Waals surface area contributed by atoms with E-state index < -0.39 is 0 Å². The largest absolute Gasteiger partial charge is 0.322 e. The first kappa shape index (κ1) is 15.1. The highest BCUT2D eigenvalue weighted by Gasteiger charge is 2.11. The molecule has 0 spiro atoms. The lowest BCUT2D eigenvalue weighted by Crippen LogP contribution is -2.13. The summed E-state index contributed by atoms with van der Waals surface area (Å²) in [6.45, 7) is 4.13. The lowest BCUT2D eigenvalue weighted by atomic mass is 10.3. The van der Waals surface area contributed by atoms with Crippen LogP contribution >= 0.6 is 23.4 Å². The highest BCUT2D eigenvalue weighted by molar-refractivity contribution is 8.04. The normalized spacial score (nSPS) is 11.7. The van der Waals surface area contributed by atoms with Crippen molar-refractivity contribution >= 4 is 35.0 Å². The first-order valence-corrected chi connectivity index (χ1v) is 6.95. The van der Waals surface area contributed by atoms with E-state index in [2.05, 4.69) is 19.2 Å². The average Bonchev–Trinajstić information content (AvgIpc) is 2.32. The van der Waals surface area contributed by atoms with Crippen LogP contribution in [0.1, 0.15) is 13.8 Å². The first-order valence-electron chi connectivity index (χ1n) is 5.53. The molecule has 18 heavy (non-hydrogen) atoms. The Labute approximate surface area is 116 Å². The second-order valence-corrected chi connectivity index (χ2v) is 5.42. The van der Waals surface area contributed by atoms with Gasteiger partial charge in [0.2, 0.25) is 0 Å². The molecule has 1 amide bonds. The molecule has 2 nitrogen and oxygen atoms in total. The van der Waals surface area contributed by atoms with Crippen LogP contribution in [0, 0.1) is 11.7 Å². The molecule has 0 aliphatic rings. The van der Waals surface area contributed by atoms with Gasteiger partial charge in [-0.1, -0.05) is 25.4 Å². The smallest absolute Gasteiger partial charge is 0.262 e. The van der Waals surface area contributed by atoms with E-state index in [1.54, 1.807) is 0 Å². The van der Waals surface area contributed by atoms with E-state index in [0.717, 1.165) is 5.75 Å². The van der Waals surface area contributed by atoms with Crippen LogP contribution in [0.4, 0.5) is 10.1 Å². The fraction of sp³-hybridized carbons (Fsp3) is 0.308. The molecule has 0 unspecified atom stereocenters. The Hall–Kier alpha value is -1.00. The van der Waals surface area contributed by atoms with Gasteiger partial charge in [-0.2, -0.15) is 0 Å². The molecule has 1 aromatic rings. The van der Waals surface area contributed by atoms with E-state index in [9.17, 15) is 9.18 Å². The predicted octanol–water partition coefficient (Wildman–Crippen LogP) is 4.23. The van der Waals surface area contributed by atoms with Gasteiger partial charge in [0, 0.05) is 17.0 Å². The van der Waals surface area contributed by atoms with E-state index in [0.29, 0.717) is 16.5 Å². The summed E-state index contributed by atoms with van der Waals surface area (Å²) in [6.07, 6.45) is 0. The van der Waals surface area contributed by atoms with Crippen molar-refractivity contribution in [2.24, 2.45) is 5.92 Å². The number of carbonyl (C=O) groups excluding carboxylic acids is 1. The third-order valence-electron chi connectivity index (χ3n) is 2.00. The van der Waals surface area contributed by atoms with Gasteiger partial charge in [0.25, 0.3) is 5.91 Å². The van der Waals surface area contributed by atoms with E-state index in [-0.39, 0.29) is 11.7 Å². The zero-order chi connectivity index (χ0) is 13.5. The third kappa shape index (κ3) is 5.10. The van der Waals surface area contributed by atoms with Gasteiger partial charge in [0.05, 0.1) is 4.91 Å². The Morgan fingerprint density at radius 3 is 2.56 bits per heavy atom. The molecule has 0 radical (unpaired) electrons. The lowest BCUT2D eigenvalue weighted by molar-refractivity contribution is -0.112. The maximum Gasteiger partial charge on any atom is 0.262 e. The summed E-state index contributed by atoms with van der Waals surface area (Å²) in [6, 6.07) is 5.60. The Balaban J connectivity index is 2.60. The van der Waals surface area contributed by atoms with Crippen molar-refractivity contribution in [3.8, 4) is 0 Å².